The van der Waals surface area contributed by atoms with E-state index in [2.05, 4.69) is 5.32 Å². The second-order valence-corrected chi connectivity index (χ2v) is 2.76. The van der Waals surface area contributed by atoms with Crippen molar-refractivity contribution in [2.75, 3.05) is 12.8 Å². The number of nitro groups is 1. The molecule has 0 saturated carbocycles. The van der Waals surface area contributed by atoms with Crippen LogP contribution >= 0.6 is 11.8 Å². The third-order valence-corrected chi connectivity index (χ3v) is 1.68. The van der Waals surface area contributed by atoms with Crippen molar-refractivity contribution in [2.24, 2.45) is 0 Å². The molecule has 5 heteroatoms. The summed E-state index contributed by atoms with van der Waals surface area (Å²) in [6.45, 7) is 2.79. The summed E-state index contributed by atoms with van der Waals surface area (Å²) in [6, 6.07) is 0. The highest BCUT2D eigenvalue weighted by Crippen LogP contribution is 2.06. The molecule has 0 aliphatic rings. The molecule has 0 radical (unpaired) electrons. The lowest BCUT2D eigenvalue weighted by atomic mass is 10.5. The van der Waals surface area contributed by atoms with Gasteiger partial charge in [0.25, 0.3) is 6.20 Å². The molecule has 0 unspecified atom stereocenters. The van der Waals surface area contributed by atoms with Crippen molar-refractivity contribution in [3.63, 3.8) is 0 Å². The zero-order valence-electron chi connectivity index (χ0n) is 6.66. The maximum absolute atomic E-state index is 10.0. The molecular formula is C6H12N2O2S. The molecule has 0 heterocycles. The van der Waals surface area contributed by atoms with Crippen LogP contribution in [-0.4, -0.2) is 17.7 Å². The minimum Gasteiger partial charge on any atom is -0.375 e. The topological polar surface area (TPSA) is 55.2 Å². The molecule has 0 rings (SSSR count). The predicted molar refractivity (Wildman–Crippen MR) is 46.9 cm³/mol. The average Bonchev–Trinajstić information content (AvgIpc) is 1.97. The van der Waals surface area contributed by atoms with Gasteiger partial charge in [-0.2, -0.15) is 0 Å². The summed E-state index contributed by atoms with van der Waals surface area (Å²) < 4.78 is 0. The maximum atomic E-state index is 10.0. The largest absolute Gasteiger partial charge is 0.375 e. The van der Waals surface area contributed by atoms with Crippen LogP contribution in [0, 0.1) is 10.1 Å². The van der Waals surface area contributed by atoms with Crippen LogP contribution in [0.25, 0.3) is 0 Å². The lowest BCUT2D eigenvalue weighted by molar-refractivity contribution is -0.403. The van der Waals surface area contributed by atoms with Gasteiger partial charge in [-0.05, 0) is 12.7 Å². The Bertz CT molecular complexity index is 159. The van der Waals surface area contributed by atoms with Gasteiger partial charge in [-0.15, -0.1) is 11.8 Å². The summed E-state index contributed by atoms with van der Waals surface area (Å²) >= 11 is 1.35. The molecule has 0 saturated heterocycles. The normalized spacial score (nSPS) is 11.3. The summed E-state index contributed by atoms with van der Waals surface area (Å²) in [5.41, 5.74) is 0. The monoisotopic (exact) mass is 176 g/mol. The number of thioether (sulfide) groups is 1. The van der Waals surface area contributed by atoms with E-state index in [4.69, 9.17) is 0 Å². The quantitative estimate of drug-likeness (QED) is 0.508. The van der Waals surface area contributed by atoms with Crippen molar-refractivity contribution in [3.05, 3.63) is 21.3 Å². The van der Waals surface area contributed by atoms with Crippen molar-refractivity contribution < 1.29 is 4.92 Å². The molecule has 64 valence electrons. The summed E-state index contributed by atoms with van der Waals surface area (Å²) in [7, 11) is 0. The minimum absolute atomic E-state index is 0.450. The fraction of sp³-hybridized carbons (Fsp3) is 0.667. The van der Waals surface area contributed by atoms with E-state index in [1.54, 1.807) is 6.26 Å². The summed E-state index contributed by atoms with van der Waals surface area (Å²) in [4.78, 5) is 9.56. The maximum Gasteiger partial charge on any atom is 0.263 e. The van der Waals surface area contributed by atoms with Gasteiger partial charge in [-0.25, -0.2) is 0 Å². The lowest BCUT2D eigenvalue weighted by Gasteiger charge is -2.02. The molecule has 0 aromatic heterocycles. The Morgan fingerprint density at radius 1 is 1.82 bits per heavy atom. The second-order valence-electron chi connectivity index (χ2n) is 1.91. The molecule has 0 aliphatic carbocycles. The Kier molecular flexibility index (Phi) is 5.64. The van der Waals surface area contributed by atoms with Crippen molar-refractivity contribution >= 4 is 11.8 Å². The Labute approximate surface area is 70.2 Å². The first kappa shape index (κ1) is 10.3. The van der Waals surface area contributed by atoms with Gasteiger partial charge in [0.2, 0.25) is 0 Å². The number of hydrogen-bond acceptors (Lipinski definition) is 4. The molecule has 0 amide bonds. The second kappa shape index (κ2) is 6.03. The molecule has 0 bridgehead atoms. The molecule has 0 aromatic rings. The molecule has 0 atom stereocenters. The molecular weight excluding hydrogens is 164 g/mol. The van der Waals surface area contributed by atoms with Gasteiger partial charge in [-0.1, -0.05) is 6.92 Å². The molecule has 1 N–H and O–H groups in total. The summed E-state index contributed by atoms with van der Waals surface area (Å²) in [5, 5.41) is 13.5. The Morgan fingerprint density at radius 3 is 2.82 bits per heavy atom. The third-order valence-electron chi connectivity index (χ3n) is 0.992. The number of rotatable bonds is 5. The van der Waals surface area contributed by atoms with Crippen LogP contribution in [0.15, 0.2) is 11.2 Å². The van der Waals surface area contributed by atoms with E-state index in [0.717, 1.165) is 19.2 Å². The van der Waals surface area contributed by atoms with E-state index in [9.17, 15) is 10.1 Å². The molecule has 4 nitrogen and oxygen atoms in total. The molecule has 0 spiro atoms. The number of nitrogens with zero attached hydrogens (tertiary/aromatic N) is 1. The highest BCUT2D eigenvalue weighted by atomic mass is 32.2. The fourth-order valence-corrected chi connectivity index (χ4v) is 0.952. The Hall–Kier alpha value is -0.710. The smallest absolute Gasteiger partial charge is 0.263 e. The van der Waals surface area contributed by atoms with E-state index in [1.807, 2.05) is 6.92 Å². The van der Waals surface area contributed by atoms with Crippen molar-refractivity contribution in [3.8, 4) is 0 Å². The van der Waals surface area contributed by atoms with Gasteiger partial charge in [-0.3, -0.25) is 10.1 Å². The van der Waals surface area contributed by atoms with E-state index < -0.39 is 4.92 Å². The molecule has 0 aliphatic heterocycles. The first-order chi connectivity index (χ1) is 5.20. The predicted octanol–water partition coefficient (Wildman–Crippen LogP) is 1.42. The van der Waals surface area contributed by atoms with Crippen molar-refractivity contribution in [1.82, 2.24) is 5.32 Å². The van der Waals surface area contributed by atoms with Crippen molar-refractivity contribution in [2.45, 2.75) is 13.3 Å². The van der Waals surface area contributed by atoms with Gasteiger partial charge in [0.1, 0.15) is 5.03 Å². The molecule has 11 heavy (non-hydrogen) atoms. The van der Waals surface area contributed by atoms with Gasteiger partial charge in [0.15, 0.2) is 0 Å². The number of hydrogen-bond donors (Lipinski definition) is 1. The third kappa shape index (κ3) is 5.72. The van der Waals surface area contributed by atoms with Crippen LogP contribution in [0.4, 0.5) is 0 Å². The first-order valence-electron chi connectivity index (χ1n) is 3.34. The van der Waals surface area contributed by atoms with Crippen LogP contribution in [0.3, 0.4) is 0 Å². The number of nitrogens with one attached hydrogen (secondary N) is 1. The zero-order valence-corrected chi connectivity index (χ0v) is 7.48. The van der Waals surface area contributed by atoms with Crippen LogP contribution in [-0.2, 0) is 0 Å². The van der Waals surface area contributed by atoms with Crippen LogP contribution in [0.1, 0.15) is 13.3 Å². The molecule has 0 fully saturated rings. The summed E-state index contributed by atoms with van der Waals surface area (Å²) in [5.74, 6) is 0. The SMILES string of the molecule is CCCNC(=C[N+](=O)[O-])SC. The van der Waals surface area contributed by atoms with E-state index in [0.29, 0.717) is 5.03 Å². The standard InChI is InChI=1S/C6H12N2O2S/c1-3-4-7-6(11-2)5-8(9)10/h5,7H,3-4H2,1-2H3. The Morgan fingerprint density at radius 2 is 2.45 bits per heavy atom. The van der Waals surface area contributed by atoms with Crippen LogP contribution in [0.2, 0.25) is 0 Å². The molecule has 0 aromatic carbocycles. The fourth-order valence-electron chi connectivity index (χ4n) is 0.514. The lowest BCUT2D eigenvalue weighted by Crippen LogP contribution is -2.12. The van der Waals surface area contributed by atoms with E-state index in [1.165, 1.54) is 11.8 Å². The van der Waals surface area contributed by atoms with Crippen LogP contribution in [0.5, 0.6) is 0 Å². The zero-order chi connectivity index (χ0) is 8.69. The first-order valence-corrected chi connectivity index (χ1v) is 4.56. The van der Waals surface area contributed by atoms with E-state index >= 15 is 0 Å². The van der Waals surface area contributed by atoms with Gasteiger partial charge < -0.3 is 5.32 Å². The van der Waals surface area contributed by atoms with Crippen molar-refractivity contribution in [1.29, 1.82) is 0 Å². The van der Waals surface area contributed by atoms with Gasteiger partial charge in [0, 0.05) is 6.54 Å². The highest BCUT2D eigenvalue weighted by molar-refractivity contribution is 8.02. The Balaban J connectivity index is 3.84. The van der Waals surface area contributed by atoms with Gasteiger partial charge >= 0.3 is 0 Å². The summed E-state index contributed by atoms with van der Waals surface area (Å²) in [6.07, 6.45) is 3.76. The van der Waals surface area contributed by atoms with Crippen LogP contribution < -0.4 is 5.32 Å². The average molecular weight is 176 g/mol. The van der Waals surface area contributed by atoms with E-state index in [-0.39, 0.29) is 0 Å². The highest BCUT2D eigenvalue weighted by Gasteiger charge is 1.97. The van der Waals surface area contributed by atoms with Gasteiger partial charge in [0.05, 0.1) is 4.92 Å². The minimum atomic E-state index is -0.450.